The van der Waals surface area contributed by atoms with Crippen LogP contribution in [0.4, 0.5) is 0 Å². The first-order chi connectivity index (χ1) is 17.8. The number of fused-ring (bicyclic) bond motifs is 7. The maximum absolute atomic E-state index is 5.08. The highest BCUT2D eigenvalue weighted by atomic mass is 15.1. The lowest BCUT2D eigenvalue weighted by Crippen LogP contribution is -2.00. The average molecular weight is 464 g/mol. The Balaban J connectivity index is 1.70. The predicted octanol–water partition coefficient (Wildman–Crippen LogP) is 8.62. The highest BCUT2D eigenvalue weighted by Gasteiger charge is 2.20. The van der Waals surface area contributed by atoms with Crippen LogP contribution in [-0.2, 0) is 0 Å². The maximum Gasteiger partial charge on any atom is 0.138 e. The van der Waals surface area contributed by atoms with Crippen LogP contribution in [0.3, 0.4) is 0 Å². The van der Waals surface area contributed by atoms with Gasteiger partial charge in [0.25, 0.3) is 0 Å². The van der Waals surface area contributed by atoms with Crippen LogP contribution in [0.1, 0.15) is 18.2 Å². The Kier molecular flexibility index (Phi) is 4.58. The second kappa shape index (κ2) is 7.96. The van der Waals surface area contributed by atoms with Gasteiger partial charge in [-0.3, -0.25) is 4.57 Å². The van der Waals surface area contributed by atoms with Crippen molar-refractivity contribution in [2.24, 2.45) is 0 Å². The molecular formula is C33H25N3. The van der Waals surface area contributed by atoms with Crippen molar-refractivity contribution in [1.82, 2.24) is 14.1 Å². The summed E-state index contributed by atoms with van der Waals surface area (Å²) in [7, 11) is 0. The van der Waals surface area contributed by atoms with Gasteiger partial charge in [-0.1, -0.05) is 72.8 Å². The molecule has 0 N–H and O–H groups in total. The van der Waals surface area contributed by atoms with Crippen molar-refractivity contribution in [1.29, 1.82) is 0 Å². The quantitative estimate of drug-likeness (QED) is 0.257. The summed E-state index contributed by atoms with van der Waals surface area (Å²) in [6.07, 6.45) is 4.13. The summed E-state index contributed by atoms with van der Waals surface area (Å²) in [6, 6.07) is 36.9. The van der Waals surface area contributed by atoms with Crippen molar-refractivity contribution < 1.29 is 0 Å². The lowest BCUT2D eigenvalue weighted by Gasteiger charge is -2.10. The molecule has 36 heavy (non-hydrogen) atoms. The van der Waals surface area contributed by atoms with E-state index in [9.17, 15) is 0 Å². The molecule has 0 spiro atoms. The van der Waals surface area contributed by atoms with Gasteiger partial charge in [0.2, 0.25) is 0 Å². The number of benzene rings is 4. The number of nitrogens with zero attached hydrogens (tertiary/aromatic N) is 3. The third-order valence-corrected chi connectivity index (χ3v) is 7.16. The zero-order valence-electron chi connectivity index (χ0n) is 20.3. The van der Waals surface area contributed by atoms with Crippen molar-refractivity contribution in [2.75, 3.05) is 0 Å². The van der Waals surface area contributed by atoms with Crippen LogP contribution >= 0.6 is 0 Å². The number of pyridine rings is 1. The molecule has 0 radical (unpaired) electrons. The van der Waals surface area contributed by atoms with Crippen LogP contribution < -0.4 is 0 Å². The molecule has 7 aromatic rings. The van der Waals surface area contributed by atoms with Gasteiger partial charge >= 0.3 is 0 Å². The van der Waals surface area contributed by atoms with Crippen molar-refractivity contribution in [2.45, 2.75) is 13.8 Å². The Morgan fingerprint density at radius 1 is 0.611 bits per heavy atom. The summed E-state index contributed by atoms with van der Waals surface area (Å²) in [5.74, 6) is 0.932. The molecule has 0 atom stereocenters. The zero-order chi connectivity index (χ0) is 24.2. The minimum atomic E-state index is 0.932. The van der Waals surface area contributed by atoms with Gasteiger partial charge in [0.1, 0.15) is 5.82 Å². The minimum absolute atomic E-state index is 0.932. The second-order valence-electron chi connectivity index (χ2n) is 9.27. The number of rotatable bonds is 3. The topological polar surface area (TPSA) is 22.8 Å². The smallest absolute Gasteiger partial charge is 0.138 e. The molecule has 0 bridgehead atoms. The molecule has 4 aromatic carbocycles. The molecule has 0 fully saturated rings. The number of aromatic nitrogens is 3. The van der Waals surface area contributed by atoms with Gasteiger partial charge in [-0.25, -0.2) is 4.98 Å². The summed E-state index contributed by atoms with van der Waals surface area (Å²) in [5, 5.41) is 5.00. The number of para-hydroxylation sites is 3. The summed E-state index contributed by atoms with van der Waals surface area (Å²) in [4.78, 5) is 5.08. The van der Waals surface area contributed by atoms with Crippen LogP contribution in [0.2, 0.25) is 0 Å². The highest BCUT2D eigenvalue weighted by molar-refractivity contribution is 6.26. The summed E-state index contributed by atoms with van der Waals surface area (Å²) in [5.41, 5.74) is 8.10. The summed E-state index contributed by atoms with van der Waals surface area (Å²) in [6.45, 7) is 4.15. The number of hydrogen-bond donors (Lipinski definition) is 0. The molecular weight excluding hydrogens is 438 g/mol. The Morgan fingerprint density at radius 3 is 2.08 bits per heavy atom. The van der Waals surface area contributed by atoms with Crippen LogP contribution in [0.5, 0.6) is 0 Å². The molecule has 0 saturated heterocycles. The van der Waals surface area contributed by atoms with Gasteiger partial charge < -0.3 is 4.57 Å². The van der Waals surface area contributed by atoms with E-state index in [0.717, 1.165) is 28.2 Å². The summed E-state index contributed by atoms with van der Waals surface area (Å²) >= 11 is 0. The fraction of sp³-hybridized carbons (Fsp3) is 0.0606. The van der Waals surface area contributed by atoms with E-state index in [0.29, 0.717) is 0 Å². The normalized spacial score (nSPS) is 12.1. The number of hydrogen-bond acceptors (Lipinski definition) is 1. The first-order valence-corrected chi connectivity index (χ1v) is 12.4. The Labute approximate surface area is 209 Å². The predicted molar refractivity (Wildman–Crippen MR) is 152 cm³/mol. The number of aryl methyl sites for hydroxylation is 1. The fourth-order valence-corrected chi connectivity index (χ4v) is 5.59. The highest BCUT2D eigenvalue weighted by Crippen LogP contribution is 2.41. The monoisotopic (exact) mass is 463 g/mol. The van der Waals surface area contributed by atoms with E-state index >= 15 is 0 Å². The summed E-state index contributed by atoms with van der Waals surface area (Å²) < 4.78 is 4.72. The molecule has 3 nitrogen and oxygen atoms in total. The van der Waals surface area contributed by atoms with Gasteiger partial charge in [0, 0.05) is 27.2 Å². The molecule has 0 saturated carbocycles. The van der Waals surface area contributed by atoms with Gasteiger partial charge in [-0.05, 0) is 61.9 Å². The van der Waals surface area contributed by atoms with E-state index in [1.54, 1.807) is 0 Å². The maximum atomic E-state index is 5.08. The lowest BCUT2D eigenvalue weighted by molar-refractivity contribution is 1.06. The molecule has 0 amide bonds. The molecule has 0 aliphatic rings. The van der Waals surface area contributed by atoms with E-state index in [1.807, 2.05) is 13.0 Å². The van der Waals surface area contributed by atoms with Crippen molar-refractivity contribution in [3.63, 3.8) is 0 Å². The van der Waals surface area contributed by atoms with E-state index < -0.39 is 0 Å². The molecule has 7 rings (SSSR count). The molecule has 3 aromatic heterocycles. The minimum Gasteiger partial charge on any atom is -0.309 e. The van der Waals surface area contributed by atoms with Gasteiger partial charge in [0.15, 0.2) is 0 Å². The third-order valence-electron chi connectivity index (χ3n) is 7.16. The molecule has 3 heterocycles. The van der Waals surface area contributed by atoms with Crippen LogP contribution in [0, 0.1) is 6.92 Å². The van der Waals surface area contributed by atoms with Gasteiger partial charge in [-0.2, -0.15) is 0 Å². The van der Waals surface area contributed by atoms with E-state index in [2.05, 4.69) is 125 Å². The first-order valence-electron chi connectivity index (χ1n) is 12.4. The number of allylic oxidation sites excluding steroid dienone is 1. The SMILES string of the molecule is C/C=C\c1nc(-n2c3ccccc3c3c2ccc2c4ccccc4n(-c4ccccc4)c23)ccc1C. The van der Waals surface area contributed by atoms with Crippen LogP contribution in [0.25, 0.3) is 61.2 Å². The Bertz CT molecular complexity index is 1950. The molecule has 172 valence electrons. The third kappa shape index (κ3) is 2.89. The zero-order valence-corrected chi connectivity index (χ0v) is 20.3. The molecule has 3 heteroatoms. The van der Waals surface area contributed by atoms with Crippen LogP contribution in [-0.4, -0.2) is 14.1 Å². The molecule has 0 unspecified atom stereocenters. The Hall–Kier alpha value is -4.63. The van der Waals surface area contributed by atoms with Gasteiger partial charge in [-0.15, -0.1) is 0 Å². The van der Waals surface area contributed by atoms with Crippen LogP contribution in [0.15, 0.2) is 109 Å². The molecule has 0 aliphatic carbocycles. The van der Waals surface area contributed by atoms with Crippen molar-refractivity contribution >= 4 is 49.7 Å². The van der Waals surface area contributed by atoms with E-state index in [-0.39, 0.29) is 0 Å². The fourth-order valence-electron chi connectivity index (χ4n) is 5.59. The Morgan fingerprint density at radius 2 is 1.31 bits per heavy atom. The largest absolute Gasteiger partial charge is 0.309 e. The average Bonchev–Trinajstić information content (AvgIpc) is 3.43. The molecule has 0 aliphatic heterocycles. The van der Waals surface area contributed by atoms with E-state index in [4.69, 9.17) is 4.98 Å². The van der Waals surface area contributed by atoms with Gasteiger partial charge in [0.05, 0.1) is 27.8 Å². The first kappa shape index (κ1) is 20.7. The lowest BCUT2D eigenvalue weighted by atomic mass is 10.1. The van der Waals surface area contributed by atoms with Crippen molar-refractivity contribution in [3.05, 3.63) is 120 Å². The van der Waals surface area contributed by atoms with Crippen molar-refractivity contribution in [3.8, 4) is 11.5 Å². The standard InChI is InChI=1S/C33H25N3/c1-3-11-27-22(2)18-21-31(34-27)36-29-17-10-8-15-26(29)32-30(36)20-19-25-24-14-7-9-16-28(24)35(33(25)32)23-12-5-4-6-13-23/h3-21H,1-2H3/b11-3-. The second-order valence-corrected chi connectivity index (χ2v) is 9.27. The van der Waals surface area contributed by atoms with E-state index in [1.165, 1.54) is 38.1 Å².